The summed E-state index contributed by atoms with van der Waals surface area (Å²) in [6.07, 6.45) is 5.69. The number of carbonyl (C=O) groups is 1. The van der Waals surface area contributed by atoms with Crippen molar-refractivity contribution in [3.05, 3.63) is 12.2 Å². The molecule has 0 fully saturated rings. The number of carbonyl (C=O) groups excluding carboxylic acids is 1. The van der Waals surface area contributed by atoms with Gasteiger partial charge in [-0.2, -0.15) is 0 Å². The van der Waals surface area contributed by atoms with Crippen molar-refractivity contribution >= 4 is 14.3 Å². The van der Waals surface area contributed by atoms with Gasteiger partial charge in [-0.05, 0) is 38.4 Å². The van der Waals surface area contributed by atoms with E-state index in [1.165, 1.54) is 37.4 Å². The lowest BCUT2D eigenvalue weighted by Crippen LogP contribution is -2.37. The van der Waals surface area contributed by atoms with Gasteiger partial charge in [0.05, 0.1) is 6.61 Å². The molecule has 3 nitrogen and oxygen atoms in total. The molecule has 0 aliphatic carbocycles. The first kappa shape index (κ1) is 20.4. The van der Waals surface area contributed by atoms with Crippen LogP contribution in [0.25, 0.3) is 0 Å². The highest BCUT2D eigenvalue weighted by Gasteiger charge is 2.31. The summed E-state index contributed by atoms with van der Waals surface area (Å²) in [5, 5.41) is 0. The minimum absolute atomic E-state index is 0.273. The lowest BCUT2D eigenvalue weighted by atomic mass is 10.3. The van der Waals surface area contributed by atoms with Gasteiger partial charge in [0, 0.05) is 12.2 Å². The van der Waals surface area contributed by atoms with Crippen molar-refractivity contribution in [3.63, 3.8) is 0 Å². The van der Waals surface area contributed by atoms with Gasteiger partial charge in [-0.25, -0.2) is 4.79 Å². The average Bonchev–Trinajstić information content (AvgIpc) is 2.43. The topological polar surface area (TPSA) is 35.5 Å². The molecule has 0 spiro atoms. The lowest BCUT2D eigenvalue weighted by Gasteiger charge is -2.30. The summed E-state index contributed by atoms with van der Waals surface area (Å²) in [5.41, 5.74) is 0.476. The van der Waals surface area contributed by atoms with E-state index >= 15 is 0 Å². The molecule has 0 aromatic rings. The van der Waals surface area contributed by atoms with Gasteiger partial charge < -0.3 is 9.16 Å². The van der Waals surface area contributed by atoms with Crippen molar-refractivity contribution in [1.82, 2.24) is 0 Å². The highest BCUT2D eigenvalue weighted by molar-refractivity contribution is 6.73. The minimum atomic E-state index is -1.52. The summed E-state index contributed by atoms with van der Waals surface area (Å²) in [6.45, 7) is 13.2. The van der Waals surface area contributed by atoms with Gasteiger partial charge in [-0.1, -0.05) is 46.1 Å². The lowest BCUT2D eigenvalue weighted by molar-refractivity contribution is -0.139. The third-order valence-electron chi connectivity index (χ3n) is 3.72. The van der Waals surface area contributed by atoms with E-state index in [0.717, 1.165) is 19.4 Å². The highest BCUT2D eigenvalue weighted by Crippen LogP contribution is 2.28. The van der Waals surface area contributed by atoms with Crippen molar-refractivity contribution in [3.8, 4) is 0 Å². The number of rotatable bonds is 13. The summed E-state index contributed by atoms with van der Waals surface area (Å²) in [4.78, 5) is 11.3. The second-order valence-electron chi connectivity index (χ2n) is 5.84. The molecule has 0 radical (unpaired) electrons. The van der Waals surface area contributed by atoms with E-state index < -0.39 is 8.32 Å². The van der Waals surface area contributed by atoms with Crippen LogP contribution in [0, 0.1) is 0 Å². The first-order chi connectivity index (χ1) is 10.0. The standard InChI is InChI=1S/C17H34O3Si/c1-6-13-21(14-7-2,20-8-3)15-11-9-10-12-19-17(18)16(4)5/h4,6-15H2,1-3,5H3. The van der Waals surface area contributed by atoms with E-state index in [1.54, 1.807) is 6.92 Å². The molecule has 0 aliphatic rings. The van der Waals surface area contributed by atoms with Crippen LogP contribution in [0.3, 0.4) is 0 Å². The number of esters is 1. The quantitative estimate of drug-likeness (QED) is 0.206. The molecule has 0 amide bonds. The molecule has 0 aromatic heterocycles. The van der Waals surface area contributed by atoms with Crippen molar-refractivity contribution in [1.29, 1.82) is 0 Å². The molecular weight excluding hydrogens is 280 g/mol. The van der Waals surface area contributed by atoms with E-state index in [1.807, 2.05) is 0 Å². The summed E-state index contributed by atoms with van der Waals surface area (Å²) in [6, 6.07) is 3.80. The van der Waals surface area contributed by atoms with Crippen LogP contribution in [-0.2, 0) is 14.0 Å². The van der Waals surface area contributed by atoms with Crippen LogP contribution < -0.4 is 0 Å². The Bertz CT molecular complexity index is 285. The van der Waals surface area contributed by atoms with Gasteiger partial charge in [0.15, 0.2) is 8.32 Å². The Morgan fingerprint density at radius 2 is 1.62 bits per heavy atom. The second-order valence-corrected chi connectivity index (χ2v) is 10.00. The Morgan fingerprint density at radius 1 is 1.00 bits per heavy atom. The van der Waals surface area contributed by atoms with Crippen LogP contribution in [0.4, 0.5) is 0 Å². The van der Waals surface area contributed by atoms with Crippen LogP contribution in [0.2, 0.25) is 18.1 Å². The summed E-state index contributed by atoms with van der Waals surface area (Å²) >= 11 is 0. The molecule has 0 saturated carbocycles. The first-order valence-corrected chi connectivity index (χ1v) is 11.0. The van der Waals surface area contributed by atoms with Crippen LogP contribution in [-0.4, -0.2) is 27.5 Å². The predicted octanol–water partition coefficient (Wildman–Crippen LogP) is 5.08. The Morgan fingerprint density at radius 3 is 2.10 bits per heavy atom. The zero-order valence-electron chi connectivity index (χ0n) is 14.5. The van der Waals surface area contributed by atoms with E-state index in [9.17, 15) is 4.79 Å². The maximum absolute atomic E-state index is 11.3. The highest BCUT2D eigenvalue weighted by atomic mass is 28.4. The van der Waals surface area contributed by atoms with Crippen LogP contribution in [0.1, 0.15) is 59.8 Å². The zero-order chi connectivity index (χ0) is 16.1. The second kappa shape index (κ2) is 12.0. The normalized spacial score (nSPS) is 11.4. The van der Waals surface area contributed by atoms with Gasteiger partial charge >= 0.3 is 5.97 Å². The molecule has 0 saturated heterocycles. The molecule has 0 heterocycles. The maximum atomic E-state index is 11.3. The number of ether oxygens (including phenoxy) is 1. The Balaban J connectivity index is 4.01. The fourth-order valence-electron chi connectivity index (χ4n) is 2.82. The molecule has 0 rings (SSSR count). The molecule has 0 atom stereocenters. The molecule has 0 N–H and O–H groups in total. The molecule has 124 valence electrons. The van der Waals surface area contributed by atoms with Gasteiger partial charge in [-0.15, -0.1) is 0 Å². The molecule has 0 aliphatic heterocycles. The fraction of sp³-hybridized carbons (Fsp3) is 0.824. The third-order valence-corrected chi connectivity index (χ3v) is 8.71. The van der Waals surface area contributed by atoms with E-state index in [4.69, 9.17) is 9.16 Å². The van der Waals surface area contributed by atoms with E-state index in [0.29, 0.717) is 12.2 Å². The van der Waals surface area contributed by atoms with Crippen molar-refractivity contribution in [2.75, 3.05) is 13.2 Å². The Labute approximate surface area is 132 Å². The average molecular weight is 315 g/mol. The summed E-state index contributed by atoms with van der Waals surface area (Å²) in [7, 11) is -1.52. The SMILES string of the molecule is C=C(C)C(=O)OCCCCC[Si](CCC)(CCC)OCC. The largest absolute Gasteiger partial charge is 0.462 e. The number of hydrogen-bond acceptors (Lipinski definition) is 3. The van der Waals surface area contributed by atoms with E-state index in [-0.39, 0.29) is 5.97 Å². The van der Waals surface area contributed by atoms with Crippen LogP contribution in [0.15, 0.2) is 12.2 Å². The van der Waals surface area contributed by atoms with Crippen molar-refractivity contribution in [2.45, 2.75) is 77.9 Å². The predicted molar refractivity (Wildman–Crippen MR) is 92.0 cm³/mol. The number of unbranched alkanes of at least 4 members (excludes halogenated alkanes) is 2. The number of hydrogen-bond donors (Lipinski definition) is 0. The Kier molecular flexibility index (Phi) is 11.6. The van der Waals surface area contributed by atoms with Gasteiger partial charge in [0.25, 0.3) is 0 Å². The third kappa shape index (κ3) is 9.09. The molecule has 0 bridgehead atoms. The molecular formula is C17H34O3Si. The zero-order valence-corrected chi connectivity index (χ0v) is 15.5. The van der Waals surface area contributed by atoms with Crippen molar-refractivity contribution in [2.24, 2.45) is 0 Å². The summed E-state index contributed by atoms with van der Waals surface area (Å²) < 4.78 is 11.3. The Hall–Kier alpha value is -0.613. The molecule has 4 heteroatoms. The maximum Gasteiger partial charge on any atom is 0.333 e. The van der Waals surface area contributed by atoms with E-state index in [2.05, 4.69) is 27.4 Å². The molecule has 21 heavy (non-hydrogen) atoms. The minimum Gasteiger partial charge on any atom is -0.462 e. The van der Waals surface area contributed by atoms with Crippen LogP contribution >= 0.6 is 0 Å². The fourth-order valence-corrected chi connectivity index (χ4v) is 7.34. The molecule has 0 unspecified atom stereocenters. The van der Waals surface area contributed by atoms with Gasteiger partial charge in [-0.3, -0.25) is 0 Å². The summed E-state index contributed by atoms with van der Waals surface area (Å²) in [5.74, 6) is -0.273. The van der Waals surface area contributed by atoms with Gasteiger partial charge in [0.1, 0.15) is 0 Å². The smallest absolute Gasteiger partial charge is 0.333 e. The van der Waals surface area contributed by atoms with Crippen molar-refractivity contribution < 1.29 is 14.0 Å². The van der Waals surface area contributed by atoms with Gasteiger partial charge in [0.2, 0.25) is 0 Å². The molecule has 0 aromatic carbocycles. The van der Waals surface area contributed by atoms with Crippen LogP contribution in [0.5, 0.6) is 0 Å². The monoisotopic (exact) mass is 314 g/mol. The first-order valence-electron chi connectivity index (χ1n) is 8.48.